The van der Waals surface area contributed by atoms with Crippen molar-refractivity contribution in [3.63, 3.8) is 0 Å². The van der Waals surface area contributed by atoms with Crippen molar-refractivity contribution >= 4 is 23.0 Å². The number of hydrogen-bond acceptors (Lipinski definition) is 3. The molecule has 0 spiro atoms. The average Bonchev–Trinajstić information content (AvgIpc) is 2.94. The predicted molar refractivity (Wildman–Crippen MR) is 102 cm³/mol. The SMILES string of the molecule is O=C(CC1CC2CCC(C1)N2)Nc1cccc(Nc2ccccc2)c1. The van der Waals surface area contributed by atoms with Crippen molar-refractivity contribution < 1.29 is 4.79 Å². The van der Waals surface area contributed by atoms with Crippen LogP contribution in [0.5, 0.6) is 0 Å². The molecule has 4 nitrogen and oxygen atoms in total. The van der Waals surface area contributed by atoms with Crippen LogP contribution in [-0.2, 0) is 4.79 Å². The second-order valence-corrected chi connectivity index (χ2v) is 7.30. The molecule has 2 atom stereocenters. The summed E-state index contributed by atoms with van der Waals surface area (Å²) >= 11 is 0. The molecule has 2 aliphatic rings. The topological polar surface area (TPSA) is 53.2 Å². The molecule has 4 heteroatoms. The molecule has 2 aromatic carbocycles. The van der Waals surface area contributed by atoms with E-state index in [2.05, 4.69) is 16.0 Å². The Morgan fingerprint density at radius 2 is 1.60 bits per heavy atom. The minimum Gasteiger partial charge on any atom is -0.355 e. The molecule has 0 aromatic heterocycles. The van der Waals surface area contributed by atoms with Crippen LogP contribution < -0.4 is 16.0 Å². The lowest BCUT2D eigenvalue weighted by Crippen LogP contribution is -2.39. The highest BCUT2D eigenvalue weighted by Gasteiger charge is 2.34. The van der Waals surface area contributed by atoms with Crippen LogP contribution in [0.15, 0.2) is 54.6 Å². The lowest BCUT2D eigenvalue weighted by Gasteiger charge is -2.28. The van der Waals surface area contributed by atoms with Gasteiger partial charge in [-0.1, -0.05) is 24.3 Å². The zero-order chi connectivity index (χ0) is 17.1. The Balaban J connectivity index is 1.34. The van der Waals surface area contributed by atoms with Gasteiger partial charge in [0.15, 0.2) is 0 Å². The average molecular weight is 335 g/mol. The molecule has 1 amide bonds. The van der Waals surface area contributed by atoms with Crippen molar-refractivity contribution in [1.82, 2.24) is 5.32 Å². The van der Waals surface area contributed by atoms with Gasteiger partial charge in [-0.2, -0.15) is 0 Å². The number of rotatable bonds is 5. The van der Waals surface area contributed by atoms with Crippen LogP contribution in [0, 0.1) is 5.92 Å². The van der Waals surface area contributed by atoms with Crippen molar-refractivity contribution in [2.75, 3.05) is 10.6 Å². The van der Waals surface area contributed by atoms with Gasteiger partial charge in [0, 0.05) is 35.6 Å². The molecule has 2 saturated heterocycles. The van der Waals surface area contributed by atoms with Crippen LogP contribution in [-0.4, -0.2) is 18.0 Å². The molecule has 0 radical (unpaired) electrons. The monoisotopic (exact) mass is 335 g/mol. The maximum absolute atomic E-state index is 12.4. The van der Waals surface area contributed by atoms with Crippen LogP contribution in [0.2, 0.25) is 0 Å². The molecule has 2 heterocycles. The van der Waals surface area contributed by atoms with Gasteiger partial charge in [0.25, 0.3) is 0 Å². The molecule has 130 valence electrons. The summed E-state index contributed by atoms with van der Waals surface area (Å²) in [5.41, 5.74) is 2.86. The van der Waals surface area contributed by atoms with E-state index in [1.54, 1.807) is 0 Å². The van der Waals surface area contributed by atoms with Gasteiger partial charge in [-0.3, -0.25) is 4.79 Å². The molecule has 2 bridgehead atoms. The number of amides is 1. The standard InChI is InChI=1S/C21H25N3O/c25-21(13-15-11-19-9-10-20(12-15)23-19)24-18-8-4-7-17(14-18)22-16-5-2-1-3-6-16/h1-8,14-15,19-20,22-23H,9-13H2,(H,24,25). The van der Waals surface area contributed by atoms with Crippen molar-refractivity contribution in [3.8, 4) is 0 Å². The van der Waals surface area contributed by atoms with E-state index in [9.17, 15) is 4.79 Å². The number of nitrogens with one attached hydrogen (secondary N) is 3. The number of carbonyl (C=O) groups excluding carboxylic acids is 1. The first kappa shape index (κ1) is 16.2. The van der Waals surface area contributed by atoms with Gasteiger partial charge < -0.3 is 16.0 Å². The normalized spacial score (nSPS) is 24.7. The van der Waals surface area contributed by atoms with Crippen molar-refractivity contribution in [2.24, 2.45) is 5.92 Å². The zero-order valence-electron chi connectivity index (χ0n) is 14.4. The highest BCUT2D eigenvalue weighted by atomic mass is 16.1. The van der Waals surface area contributed by atoms with Gasteiger partial charge in [-0.25, -0.2) is 0 Å². The van der Waals surface area contributed by atoms with E-state index in [4.69, 9.17) is 0 Å². The minimum absolute atomic E-state index is 0.128. The maximum atomic E-state index is 12.4. The quantitative estimate of drug-likeness (QED) is 0.764. The molecule has 2 unspecified atom stereocenters. The number of benzene rings is 2. The van der Waals surface area contributed by atoms with E-state index >= 15 is 0 Å². The van der Waals surface area contributed by atoms with Gasteiger partial charge in [-0.05, 0) is 61.9 Å². The van der Waals surface area contributed by atoms with Crippen LogP contribution >= 0.6 is 0 Å². The van der Waals surface area contributed by atoms with Crippen molar-refractivity contribution in [3.05, 3.63) is 54.6 Å². The molecule has 0 saturated carbocycles. The van der Waals surface area contributed by atoms with Gasteiger partial charge in [0.05, 0.1) is 0 Å². The van der Waals surface area contributed by atoms with Crippen LogP contribution in [0.1, 0.15) is 32.1 Å². The van der Waals surface area contributed by atoms with Gasteiger partial charge in [-0.15, -0.1) is 0 Å². The largest absolute Gasteiger partial charge is 0.355 e. The first-order valence-corrected chi connectivity index (χ1v) is 9.22. The highest BCUT2D eigenvalue weighted by molar-refractivity contribution is 5.91. The molecule has 2 aliphatic heterocycles. The summed E-state index contributed by atoms with van der Waals surface area (Å²) in [6.45, 7) is 0. The fourth-order valence-electron chi connectivity index (χ4n) is 4.18. The van der Waals surface area contributed by atoms with E-state index in [1.165, 1.54) is 12.8 Å². The molecule has 25 heavy (non-hydrogen) atoms. The maximum Gasteiger partial charge on any atom is 0.224 e. The lowest BCUT2D eigenvalue weighted by molar-refractivity contribution is -0.117. The Hall–Kier alpha value is -2.33. The Labute approximate surface area is 149 Å². The van der Waals surface area contributed by atoms with Gasteiger partial charge in [0.2, 0.25) is 5.91 Å². The van der Waals surface area contributed by atoms with E-state index in [-0.39, 0.29) is 5.91 Å². The smallest absolute Gasteiger partial charge is 0.224 e. The summed E-state index contributed by atoms with van der Waals surface area (Å²) in [7, 11) is 0. The van der Waals surface area contributed by atoms with E-state index in [1.807, 2.05) is 54.6 Å². The van der Waals surface area contributed by atoms with Gasteiger partial charge in [0.1, 0.15) is 0 Å². The zero-order valence-corrected chi connectivity index (χ0v) is 14.4. The molecular formula is C21H25N3O. The fraction of sp³-hybridized carbons (Fsp3) is 0.381. The highest BCUT2D eigenvalue weighted by Crippen LogP contribution is 2.33. The molecule has 4 rings (SSSR count). The van der Waals surface area contributed by atoms with Gasteiger partial charge >= 0.3 is 0 Å². The van der Waals surface area contributed by atoms with E-state index in [0.717, 1.165) is 29.9 Å². The Morgan fingerprint density at radius 1 is 0.920 bits per heavy atom. The second-order valence-electron chi connectivity index (χ2n) is 7.30. The number of fused-ring (bicyclic) bond motifs is 2. The first-order valence-electron chi connectivity index (χ1n) is 9.22. The molecule has 3 N–H and O–H groups in total. The number of piperidine rings is 1. The van der Waals surface area contributed by atoms with Crippen LogP contribution in [0.4, 0.5) is 17.1 Å². The lowest BCUT2D eigenvalue weighted by atomic mass is 9.89. The Morgan fingerprint density at radius 3 is 2.36 bits per heavy atom. The summed E-state index contributed by atoms with van der Waals surface area (Å²) in [5.74, 6) is 0.646. The third-order valence-corrected chi connectivity index (χ3v) is 5.25. The van der Waals surface area contributed by atoms with Crippen LogP contribution in [0.25, 0.3) is 0 Å². The Kier molecular flexibility index (Phi) is 4.70. The number of para-hydroxylation sites is 1. The summed E-state index contributed by atoms with van der Waals surface area (Å²) in [6, 6.07) is 19.2. The molecular weight excluding hydrogens is 310 g/mol. The van der Waals surface area contributed by atoms with Crippen molar-refractivity contribution in [2.45, 2.75) is 44.2 Å². The number of carbonyl (C=O) groups is 1. The second kappa shape index (κ2) is 7.28. The van der Waals surface area contributed by atoms with Crippen LogP contribution in [0.3, 0.4) is 0 Å². The van der Waals surface area contributed by atoms with E-state index in [0.29, 0.717) is 24.4 Å². The third-order valence-electron chi connectivity index (χ3n) is 5.25. The summed E-state index contributed by atoms with van der Waals surface area (Å²) < 4.78 is 0. The van der Waals surface area contributed by atoms with E-state index < -0.39 is 0 Å². The number of hydrogen-bond donors (Lipinski definition) is 3. The molecule has 0 aliphatic carbocycles. The molecule has 2 aromatic rings. The minimum atomic E-state index is 0.128. The third kappa shape index (κ3) is 4.20. The van der Waals surface area contributed by atoms with Crippen molar-refractivity contribution in [1.29, 1.82) is 0 Å². The fourth-order valence-corrected chi connectivity index (χ4v) is 4.18. The first-order chi connectivity index (χ1) is 12.2. The summed E-state index contributed by atoms with van der Waals surface area (Å²) in [4.78, 5) is 12.4. The summed E-state index contributed by atoms with van der Waals surface area (Å²) in [5, 5.41) is 10.1. The predicted octanol–water partition coefficient (Wildman–Crippen LogP) is 4.29. The Bertz CT molecular complexity index is 719. The number of anilines is 3. The molecule has 2 fully saturated rings. The summed E-state index contributed by atoms with van der Waals surface area (Å²) in [6.07, 6.45) is 5.45.